The molecule has 286 valence electrons. The van der Waals surface area contributed by atoms with Gasteiger partial charge in [-0.1, -0.05) is 141 Å². The Kier molecular flexibility index (Phi) is 13.1. The molecule has 0 aliphatic rings. The zero-order valence-corrected chi connectivity index (χ0v) is 38.1. The molecule has 0 atom stereocenters. The molecule has 0 N–H and O–H groups in total. The summed E-state index contributed by atoms with van der Waals surface area (Å²) in [5.41, 5.74) is 15.2. The third-order valence-corrected chi connectivity index (χ3v) is 12.4. The van der Waals surface area contributed by atoms with Crippen LogP contribution < -0.4 is 0 Å². The Morgan fingerprint density at radius 3 is 1.47 bits per heavy atom. The summed E-state index contributed by atoms with van der Waals surface area (Å²) in [6.07, 6.45) is 0. The molecular weight excluding hydrogens is 764 g/mol. The van der Waals surface area contributed by atoms with Gasteiger partial charge in [0.1, 0.15) is 0 Å². The molecule has 0 saturated heterocycles. The molecule has 57 heavy (non-hydrogen) atoms. The Morgan fingerprint density at radius 1 is 0.509 bits per heavy atom. The van der Waals surface area contributed by atoms with Crippen LogP contribution in [0.4, 0.5) is 0 Å². The van der Waals surface area contributed by atoms with E-state index < -0.39 is 0 Å². The molecule has 0 nitrogen and oxygen atoms in total. The maximum absolute atomic E-state index is 2.35. The number of hydrogen-bond donors (Lipinski definition) is 0. The topological polar surface area (TPSA) is 0 Å². The van der Waals surface area contributed by atoms with Gasteiger partial charge in [-0.25, -0.2) is 0 Å². The van der Waals surface area contributed by atoms with Gasteiger partial charge in [0.15, 0.2) is 0 Å². The van der Waals surface area contributed by atoms with Gasteiger partial charge in [-0.15, -0.1) is 68.6 Å². The fourth-order valence-electron chi connectivity index (χ4n) is 7.36. The maximum atomic E-state index is 2.35. The SMILES string of the molecule is CC(C)c1cc2c(-c3ccc(C(C)(C)C)cc3)cccc2[cH-]1.Cc1cc2c(-c3ccc(C(C)(C)C)cc3)ccc(C)c2[cH-]1.[Zr+2]=[C](c1ccccc1)c1ccccc1. The first-order chi connectivity index (χ1) is 27.1. The molecule has 0 unspecified atom stereocenters. The molecule has 0 aliphatic carbocycles. The van der Waals surface area contributed by atoms with Crippen LogP contribution in [0.3, 0.4) is 0 Å². The Balaban J connectivity index is 0.000000148. The predicted octanol–water partition coefficient (Wildman–Crippen LogP) is 15.6. The van der Waals surface area contributed by atoms with Gasteiger partial charge in [-0.3, -0.25) is 0 Å². The molecule has 8 rings (SSSR count). The molecule has 0 amide bonds. The van der Waals surface area contributed by atoms with Gasteiger partial charge in [0, 0.05) is 0 Å². The number of benzene rings is 6. The monoisotopic (exact) mass is 820 g/mol. The van der Waals surface area contributed by atoms with Crippen molar-refractivity contribution in [3.63, 3.8) is 0 Å². The Morgan fingerprint density at radius 2 is 1.00 bits per heavy atom. The van der Waals surface area contributed by atoms with Crippen LogP contribution in [0.5, 0.6) is 0 Å². The number of hydrogen-bond acceptors (Lipinski definition) is 0. The fourth-order valence-corrected chi connectivity index (χ4v) is 8.18. The van der Waals surface area contributed by atoms with E-state index in [0.717, 1.165) is 0 Å². The van der Waals surface area contributed by atoms with E-state index in [0.29, 0.717) is 5.92 Å². The zero-order chi connectivity index (χ0) is 40.9. The van der Waals surface area contributed by atoms with Crippen LogP contribution in [0.1, 0.15) is 100 Å². The molecule has 0 bridgehead atoms. The predicted molar refractivity (Wildman–Crippen MR) is 247 cm³/mol. The number of aryl methyl sites for hydroxylation is 2. The first kappa shape index (κ1) is 41.9. The number of fused-ring (bicyclic) bond motifs is 2. The third-order valence-electron chi connectivity index (χ3n) is 10.9. The molecule has 8 aromatic rings. The van der Waals surface area contributed by atoms with E-state index in [9.17, 15) is 0 Å². The summed E-state index contributed by atoms with van der Waals surface area (Å²) in [5.74, 6) is 0.573. The summed E-state index contributed by atoms with van der Waals surface area (Å²) in [6, 6.07) is 59.6. The summed E-state index contributed by atoms with van der Waals surface area (Å²) < 4.78 is 1.42. The second-order valence-electron chi connectivity index (χ2n) is 17.8. The standard InChI is InChI=1S/C22H25.C21H23.C13H10.Zr/c1-15(2)18-13-17-7-6-8-20(21(17)14-18)16-9-11-19(12-10-16)22(3,4)5;1-14-12-19-15(2)6-11-18(20(19)13-14)16-7-9-17(10-8-16)21(3,4)5;1-3-7-12(8-4-1)11-13-9-5-2-6-10-13;/h6-15H,1-5H3;6-13H,1-5H3;1-10H;/q2*-1;;+2. The van der Waals surface area contributed by atoms with Crippen molar-refractivity contribution in [2.75, 3.05) is 0 Å². The van der Waals surface area contributed by atoms with E-state index >= 15 is 0 Å². The molecule has 0 fully saturated rings. The van der Waals surface area contributed by atoms with Crippen molar-refractivity contribution in [2.24, 2.45) is 0 Å². The van der Waals surface area contributed by atoms with Gasteiger partial charge in [-0.05, 0) is 39.0 Å². The van der Waals surface area contributed by atoms with Crippen LogP contribution in [0.25, 0.3) is 43.8 Å². The molecule has 0 spiro atoms. The Bertz CT molecular complexity index is 2500. The van der Waals surface area contributed by atoms with Crippen LogP contribution in [0, 0.1) is 13.8 Å². The summed E-state index contributed by atoms with van der Waals surface area (Å²) in [6.45, 7) is 22.4. The Labute approximate surface area is 357 Å². The van der Waals surface area contributed by atoms with E-state index in [1.54, 1.807) is 0 Å². The average Bonchev–Trinajstić information content (AvgIpc) is 3.83. The van der Waals surface area contributed by atoms with Gasteiger partial charge in [0.25, 0.3) is 0 Å². The minimum absolute atomic E-state index is 0.204. The quantitative estimate of drug-likeness (QED) is 0.152. The van der Waals surface area contributed by atoms with E-state index in [1.165, 1.54) is 110 Å². The minimum atomic E-state index is 0.204. The summed E-state index contributed by atoms with van der Waals surface area (Å²) in [7, 11) is 0. The number of rotatable bonds is 5. The molecule has 8 aromatic carbocycles. The normalized spacial score (nSPS) is 11.6. The molecule has 1 heteroatoms. The molecule has 0 heterocycles. The van der Waals surface area contributed by atoms with Crippen molar-refractivity contribution in [2.45, 2.75) is 86.0 Å². The average molecular weight is 822 g/mol. The summed E-state index contributed by atoms with van der Waals surface area (Å²) >= 11 is 1.46. The zero-order valence-electron chi connectivity index (χ0n) is 35.7. The van der Waals surface area contributed by atoms with Crippen LogP contribution >= 0.6 is 0 Å². The van der Waals surface area contributed by atoms with Gasteiger partial charge in [0.2, 0.25) is 0 Å². The van der Waals surface area contributed by atoms with Crippen molar-refractivity contribution >= 4 is 24.8 Å². The van der Waals surface area contributed by atoms with Crippen molar-refractivity contribution in [1.29, 1.82) is 0 Å². The van der Waals surface area contributed by atoms with Gasteiger partial charge < -0.3 is 0 Å². The van der Waals surface area contributed by atoms with Gasteiger partial charge >= 0.3 is 99.2 Å². The molecule has 0 aliphatic heterocycles. The first-order valence-corrected chi connectivity index (χ1v) is 21.6. The van der Waals surface area contributed by atoms with E-state index in [1.807, 2.05) is 0 Å². The van der Waals surface area contributed by atoms with Crippen molar-refractivity contribution in [1.82, 2.24) is 0 Å². The summed E-state index contributed by atoms with van der Waals surface area (Å²) in [4.78, 5) is 0. The molecule has 0 aromatic heterocycles. The van der Waals surface area contributed by atoms with Crippen molar-refractivity contribution in [3.05, 3.63) is 203 Å². The molecular formula is C56H58Zr. The van der Waals surface area contributed by atoms with E-state index in [2.05, 4.69) is 233 Å². The van der Waals surface area contributed by atoms with Crippen LogP contribution in [-0.2, 0) is 35.1 Å². The molecule has 0 saturated carbocycles. The Hall–Kier alpha value is -4.71. The van der Waals surface area contributed by atoms with Crippen molar-refractivity contribution < 1.29 is 24.2 Å². The van der Waals surface area contributed by atoms with E-state index in [4.69, 9.17) is 0 Å². The van der Waals surface area contributed by atoms with Crippen molar-refractivity contribution in [3.8, 4) is 22.3 Å². The van der Waals surface area contributed by atoms with Crippen LogP contribution in [0.2, 0.25) is 0 Å². The van der Waals surface area contributed by atoms with Crippen LogP contribution in [0.15, 0.2) is 164 Å². The molecule has 0 radical (unpaired) electrons. The summed E-state index contributed by atoms with van der Waals surface area (Å²) in [5, 5.41) is 5.47. The second kappa shape index (κ2) is 17.8. The second-order valence-corrected chi connectivity index (χ2v) is 19.0. The fraction of sp³-hybridized carbons (Fsp3) is 0.232. The van der Waals surface area contributed by atoms with Gasteiger partial charge in [-0.2, -0.15) is 12.1 Å². The van der Waals surface area contributed by atoms with Gasteiger partial charge in [0.05, 0.1) is 0 Å². The van der Waals surface area contributed by atoms with E-state index in [-0.39, 0.29) is 10.8 Å². The first-order valence-electron chi connectivity index (χ1n) is 20.4. The van der Waals surface area contributed by atoms with Crippen LogP contribution in [-0.4, -0.2) is 3.21 Å². The third kappa shape index (κ3) is 10.2.